The van der Waals surface area contributed by atoms with E-state index in [-0.39, 0.29) is 23.5 Å². The highest BCUT2D eigenvalue weighted by Crippen LogP contribution is 2.37. The topological polar surface area (TPSA) is 84.2 Å². The van der Waals surface area contributed by atoms with Crippen LogP contribution in [0.3, 0.4) is 0 Å². The Bertz CT molecular complexity index is 1420. The number of benzene rings is 3. The zero-order chi connectivity index (χ0) is 24.9. The van der Waals surface area contributed by atoms with Crippen molar-refractivity contribution in [3.05, 3.63) is 87.6 Å². The van der Waals surface area contributed by atoms with Gasteiger partial charge in [-0.15, -0.1) is 0 Å². The third-order valence-corrected chi connectivity index (χ3v) is 5.52. The number of methoxy groups -OCH3 is 2. The number of carbonyl (C=O) groups excluding carboxylic acids is 1. The van der Waals surface area contributed by atoms with E-state index in [0.717, 1.165) is 16.7 Å². The third kappa shape index (κ3) is 5.14. The van der Waals surface area contributed by atoms with E-state index >= 15 is 0 Å². The molecule has 4 aromatic rings. The van der Waals surface area contributed by atoms with E-state index in [2.05, 4.69) is 0 Å². The minimum Gasteiger partial charge on any atom is -0.493 e. The van der Waals surface area contributed by atoms with Crippen LogP contribution in [0.25, 0.3) is 22.3 Å². The number of hydrogen-bond donors (Lipinski definition) is 0. The maximum Gasteiger partial charge on any atom is 0.344 e. The van der Waals surface area contributed by atoms with Crippen molar-refractivity contribution in [3.8, 4) is 28.6 Å². The second-order valence-corrected chi connectivity index (χ2v) is 8.05. The van der Waals surface area contributed by atoms with Gasteiger partial charge in [0.25, 0.3) is 0 Å². The first kappa shape index (κ1) is 23.9. The molecule has 0 unspecified atom stereocenters. The van der Waals surface area contributed by atoms with Gasteiger partial charge in [-0.05, 0) is 54.8 Å². The number of carbonyl (C=O) groups is 1. The smallest absolute Gasteiger partial charge is 0.344 e. The molecule has 0 spiro atoms. The van der Waals surface area contributed by atoms with Gasteiger partial charge in [0.15, 0.2) is 23.9 Å². The van der Waals surface area contributed by atoms with Crippen LogP contribution in [-0.2, 0) is 16.1 Å². The highest BCUT2D eigenvalue weighted by atomic mass is 16.6. The van der Waals surface area contributed by atoms with Gasteiger partial charge in [-0.2, -0.15) is 0 Å². The van der Waals surface area contributed by atoms with Crippen LogP contribution in [0, 0.1) is 13.8 Å². The lowest BCUT2D eigenvalue weighted by molar-refractivity contribution is -0.147. The van der Waals surface area contributed by atoms with Crippen LogP contribution in [0.15, 0.2) is 69.9 Å². The molecular formula is C28H26O7. The molecule has 180 valence electrons. The van der Waals surface area contributed by atoms with Crippen LogP contribution >= 0.6 is 0 Å². The maximum absolute atomic E-state index is 13.5. The van der Waals surface area contributed by atoms with E-state index in [4.69, 9.17) is 23.4 Å². The first-order chi connectivity index (χ1) is 16.9. The Kier molecular flexibility index (Phi) is 7.06. The van der Waals surface area contributed by atoms with Crippen molar-refractivity contribution in [1.82, 2.24) is 0 Å². The highest BCUT2D eigenvalue weighted by Gasteiger charge is 2.22. The molecule has 4 rings (SSSR count). The number of ether oxygens (including phenoxy) is 4. The van der Waals surface area contributed by atoms with Crippen molar-refractivity contribution in [3.63, 3.8) is 0 Å². The predicted octanol–water partition coefficient (Wildman–Crippen LogP) is 5.22. The maximum atomic E-state index is 13.5. The molecule has 0 fully saturated rings. The summed E-state index contributed by atoms with van der Waals surface area (Å²) in [5.74, 6) is 0.490. The third-order valence-electron chi connectivity index (χ3n) is 5.52. The lowest BCUT2D eigenvalue weighted by Crippen LogP contribution is -2.19. The normalized spacial score (nSPS) is 10.7. The molecule has 0 aliphatic heterocycles. The fraction of sp³-hybridized carbons (Fsp3) is 0.214. The minimum absolute atomic E-state index is 0.0756. The number of fused-ring (bicyclic) bond motifs is 1. The van der Waals surface area contributed by atoms with Gasteiger partial charge in [0, 0.05) is 5.56 Å². The average Bonchev–Trinajstić information content (AvgIpc) is 2.86. The van der Waals surface area contributed by atoms with Gasteiger partial charge in [0.2, 0.25) is 11.2 Å². The summed E-state index contributed by atoms with van der Waals surface area (Å²) in [7, 11) is 3.06. The Morgan fingerprint density at radius 1 is 0.914 bits per heavy atom. The molecule has 0 atom stereocenters. The van der Waals surface area contributed by atoms with Crippen molar-refractivity contribution in [2.75, 3.05) is 20.8 Å². The van der Waals surface area contributed by atoms with Crippen LogP contribution in [0.5, 0.6) is 17.2 Å². The van der Waals surface area contributed by atoms with Crippen LogP contribution in [0.2, 0.25) is 0 Å². The Morgan fingerprint density at radius 3 is 2.37 bits per heavy atom. The Labute approximate surface area is 202 Å². The lowest BCUT2D eigenvalue weighted by atomic mass is 10.0. The van der Waals surface area contributed by atoms with Gasteiger partial charge in [-0.1, -0.05) is 36.4 Å². The molecule has 0 bridgehead atoms. The Balaban J connectivity index is 1.72. The van der Waals surface area contributed by atoms with Crippen molar-refractivity contribution in [1.29, 1.82) is 0 Å². The molecule has 3 aromatic carbocycles. The number of rotatable bonds is 8. The van der Waals surface area contributed by atoms with Gasteiger partial charge in [-0.25, -0.2) is 4.79 Å². The Morgan fingerprint density at radius 2 is 1.66 bits per heavy atom. The van der Waals surface area contributed by atoms with Crippen molar-refractivity contribution < 1.29 is 28.2 Å². The van der Waals surface area contributed by atoms with Crippen LogP contribution < -0.4 is 19.6 Å². The predicted molar refractivity (Wildman–Crippen MR) is 132 cm³/mol. The summed E-state index contributed by atoms with van der Waals surface area (Å²) < 4.78 is 27.9. The molecular weight excluding hydrogens is 448 g/mol. The number of hydrogen-bond acceptors (Lipinski definition) is 7. The minimum atomic E-state index is -0.604. The zero-order valence-corrected chi connectivity index (χ0v) is 20.0. The summed E-state index contributed by atoms with van der Waals surface area (Å²) in [4.78, 5) is 25.9. The van der Waals surface area contributed by atoms with Gasteiger partial charge in [-0.3, -0.25) is 4.79 Å². The summed E-state index contributed by atoms with van der Waals surface area (Å²) in [5, 5.41) is 0.396. The molecule has 7 nitrogen and oxygen atoms in total. The average molecular weight is 475 g/mol. The van der Waals surface area contributed by atoms with Crippen molar-refractivity contribution in [2.24, 2.45) is 0 Å². The summed E-state index contributed by atoms with van der Waals surface area (Å²) in [6.45, 7) is 3.42. The van der Waals surface area contributed by atoms with E-state index in [1.54, 1.807) is 24.3 Å². The molecule has 1 aromatic heterocycles. The van der Waals surface area contributed by atoms with E-state index in [9.17, 15) is 9.59 Å². The standard InChI is InChI=1S/C28H26O7/c1-17-12-18(2)25-23(13-17)35-27(20-10-11-21(31-3)22(14-20)32-4)28(26(25)30)34-16-24(29)33-15-19-8-6-5-7-9-19/h5-14H,15-16H2,1-4H3. The summed E-state index contributed by atoms with van der Waals surface area (Å²) in [6.07, 6.45) is 0. The lowest BCUT2D eigenvalue weighted by Gasteiger charge is -2.14. The number of aryl methyl sites for hydroxylation is 2. The van der Waals surface area contributed by atoms with Gasteiger partial charge < -0.3 is 23.4 Å². The molecule has 0 radical (unpaired) electrons. The molecule has 0 N–H and O–H groups in total. The van der Waals surface area contributed by atoms with Crippen LogP contribution in [-0.4, -0.2) is 26.8 Å². The molecule has 0 saturated heterocycles. The number of esters is 1. The monoisotopic (exact) mass is 474 g/mol. The Hall–Kier alpha value is -4.26. The van der Waals surface area contributed by atoms with Crippen LogP contribution in [0.1, 0.15) is 16.7 Å². The molecule has 35 heavy (non-hydrogen) atoms. The largest absolute Gasteiger partial charge is 0.493 e. The van der Waals surface area contributed by atoms with Gasteiger partial charge in [0.1, 0.15) is 12.2 Å². The first-order valence-corrected chi connectivity index (χ1v) is 11.0. The summed E-state index contributed by atoms with van der Waals surface area (Å²) >= 11 is 0. The van der Waals surface area contributed by atoms with Crippen LogP contribution in [0.4, 0.5) is 0 Å². The summed E-state index contributed by atoms with van der Waals surface area (Å²) in [6, 6.07) is 18.1. The molecule has 0 aliphatic rings. The zero-order valence-electron chi connectivity index (χ0n) is 20.0. The van der Waals surface area contributed by atoms with Gasteiger partial charge in [0.05, 0.1) is 19.6 Å². The molecule has 7 heteroatoms. The van der Waals surface area contributed by atoms with E-state index in [0.29, 0.717) is 28.0 Å². The molecule has 0 aliphatic carbocycles. The fourth-order valence-electron chi connectivity index (χ4n) is 3.88. The van der Waals surface area contributed by atoms with Gasteiger partial charge >= 0.3 is 5.97 Å². The second kappa shape index (κ2) is 10.3. The fourth-order valence-corrected chi connectivity index (χ4v) is 3.88. The van der Waals surface area contributed by atoms with Crippen molar-refractivity contribution in [2.45, 2.75) is 20.5 Å². The molecule has 0 saturated carbocycles. The van der Waals surface area contributed by atoms with E-state index in [1.165, 1.54) is 14.2 Å². The highest BCUT2D eigenvalue weighted by molar-refractivity contribution is 5.86. The molecule has 0 amide bonds. The second-order valence-electron chi connectivity index (χ2n) is 8.05. The van der Waals surface area contributed by atoms with E-state index in [1.807, 2.05) is 50.2 Å². The summed E-state index contributed by atoms with van der Waals surface area (Å²) in [5.41, 5.74) is 3.15. The molecule has 1 heterocycles. The first-order valence-electron chi connectivity index (χ1n) is 11.0. The van der Waals surface area contributed by atoms with Crippen molar-refractivity contribution >= 4 is 16.9 Å². The SMILES string of the molecule is COc1ccc(-c2oc3cc(C)cc(C)c3c(=O)c2OCC(=O)OCc2ccccc2)cc1OC. The quantitative estimate of drug-likeness (QED) is 0.324. The van der Waals surface area contributed by atoms with E-state index < -0.39 is 12.6 Å².